The van der Waals surface area contributed by atoms with Crippen molar-refractivity contribution in [1.82, 2.24) is 0 Å². The number of fused-ring (bicyclic) bond motifs is 1. The summed E-state index contributed by atoms with van der Waals surface area (Å²) < 4.78 is 0. The van der Waals surface area contributed by atoms with Gasteiger partial charge in [-0.25, -0.2) is 0 Å². The first-order valence-electron chi connectivity index (χ1n) is 6.68. The zero-order valence-corrected chi connectivity index (χ0v) is 11.6. The highest BCUT2D eigenvalue weighted by atomic mass is 14.9. The molecule has 1 aromatic rings. The fourth-order valence-electron chi connectivity index (χ4n) is 1.75. The van der Waals surface area contributed by atoms with Crippen LogP contribution in [0.1, 0.15) is 52.2 Å². The topological polar surface area (TPSA) is 12.0 Å². The van der Waals surface area contributed by atoms with Crippen molar-refractivity contribution >= 4 is 5.69 Å². The van der Waals surface area contributed by atoms with Crippen LogP contribution in [0.25, 0.3) is 0 Å². The van der Waals surface area contributed by atoms with Crippen LogP contribution in [0.3, 0.4) is 0 Å². The van der Waals surface area contributed by atoms with Crippen molar-refractivity contribution in [3.8, 4) is 0 Å². The Kier molecular flexibility index (Phi) is 8.69. The van der Waals surface area contributed by atoms with Gasteiger partial charge in [0.05, 0.1) is 0 Å². The molecule has 1 heterocycles. The van der Waals surface area contributed by atoms with Crippen LogP contribution in [0.5, 0.6) is 0 Å². The molecule has 16 heavy (non-hydrogen) atoms. The van der Waals surface area contributed by atoms with Gasteiger partial charge in [0.1, 0.15) is 0 Å². The lowest BCUT2D eigenvalue weighted by atomic mass is 10.0. The summed E-state index contributed by atoms with van der Waals surface area (Å²) in [6.07, 6.45) is 3.62. The van der Waals surface area contributed by atoms with Gasteiger partial charge in [0, 0.05) is 12.2 Å². The molecular weight excluding hydrogens is 194 g/mol. The van der Waals surface area contributed by atoms with Gasteiger partial charge in [0.15, 0.2) is 0 Å². The minimum atomic E-state index is 1.12. The van der Waals surface area contributed by atoms with Gasteiger partial charge < -0.3 is 5.32 Å². The van der Waals surface area contributed by atoms with Crippen LogP contribution in [-0.2, 0) is 12.8 Å². The molecule has 1 aromatic carbocycles. The molecule has 0 atom stereocenters. The van der Waals surface area contributed by atoms with E-state index in [1.165, 1.54) is 29.7 Å². The third kappa shape index (κ3) is 4.26. The molecule has 1 aliphatic heterocycles. The summed E-state index contributed by atoms with van der Waals surface area (Å²) in [6, 6.07) is 6.53. The van der Waals surface area contributed by atoms with Crippen molar-refractivity contribution < 1.29 is 0 Å². The Morgan fingerprint density at radius 1 is 1.12 bits per heavy atom. The summed E-state index contributed by atoms with van der Waals surface area (Å²) in [5, 5.41) is 3.37. The molecule has 1 aliphatic rings. The maximum Gasteiger partial charge on any atom is 0.0376 e. The van der Waals surface area contributed by atoms with E-state index in [-0.39, 0.29) is 0 Å². The minimum absolute atomic E-state index is 1.12. The number of hydrogen-bond donors (Lipinski definition) is 1. The fourth-order valence-corrected chi connectivity index (χ4v) is 1.75. The largest absolute Gasteiger partial charge is 0.384 e. The van der Waals surface area contributed by atoms with Crippen LogP contribution in [0, 0.1) is 0 Å². The van der Waals surface area contributed by atoms with E-state index < -0.39 is 0 Å². The van der Waals surface area contributed by atoms with Gasteiger partial charge in [0.25, 0.3) is 0 Å². The molecule has 0 radical (unpaired) electrons. The molecule has 0 spiro atoms. The Hall–Kier alpha value is -0.980. The fraction of sp³-hybridized carbons (Fsp3) is 0.600. The monoisotopic (exact) mass is 221 g/mol. The molecule has 0 fully saturated rings. The van der Waals surface area contributed by atoms with Gasteiger partial charge in [-0.2, -0.15) is 0 Å². The van der Waals surface area contributed by atoms with Gasteiger partial charge in [-0.1, -0.05) is 53.2 Å². The van der Waals surface area contributed by atoms with E-state index in [1.807, 2.05) is 13.8 Å². The highest BCUT2D eigenvalue weighted by molar-refractivity contribution is 5.58. The highest BCUT2D eigenvalue weighted by Gasteiger charge is 2.11. The van der Waals surface area contributed by atoms with Crippen molar-refractivity contribution in [2.24, 2.45) is 0 Å². The molecule has 92 valence electrons. The maximum atomic E-state index is 3.37. The summed E-state index contributed by atoms with van der Waals surface area (Å²) in [5.41, 5.74) is 4.40. The zero-order valence-electron chi connectivity index (χ0n) is 11.6. The molecule has 0 unspecified atom stereocenters. The second-order valence-electron chi connectivity index (χ2n) is 3.68. The molecule has 0 amide bonds. The smallest absolute Gasteiger partial charge is 0.0376 e. The molecule has 1 N–H and O–H groups in total. The van der Waals surface area contributed by atoms with Crippen LogP contribution in [0.4, 0.5) is 5.69 Å². The van der Waals surface area contributed by atoms with Gasteiger partial charge in [0.2, 0.25) is 0 Å². The van der Waals surface area contributed by atoms with E-state index in [1.54, 1.807) is 0 Å². The second kappa shape index (κ2) is 9.26. The quantitative estimate of drug-likeness (QED) is 0.727. The molecule has 2 rings (SSSR count). The molecule has 0 bridgehead atoms. The summed E-state index contributed by atoms with van der Waals surface area (Å²) in [6.45, 7) is 11.6. The average Bonchev–Trinajstić information content (AvgIpc) is 2.80. The standard InChI is InChI=1S/C10H13N.C3H8.C2H6/c1-2-8-4-3-5-10-9(8)6-7-11-10;1-3-2;1-2/h3-5,11H,2,6-7H2,1H3;3H2,1-2H3;1-2H3. The summed E-state index contributed by atoms with van der Waals surface area (Å²) >= 11 is 0. The third-order valence-corrected chi connectivity index (χ3v) is 2.34. The van der Waals surface area contributed by atoms with E-state index in [0.29, 0.717) is 0 Å². The highest BCUT2D eigenvalue weighted by Crippen LogP contribution is 2.25. The van der Waals surface area contributed by atoms with E-state index in [0.717, 1.165) is 13.0 Å². The van der Waals surface area contributed by atoms with Crippen molar-refractivity contribution in [3.63, 3.8) is 0 Å². The van der Waals surface area contributed by atoms with E-state index in [9.17, 15) is 0 Å². The SMILES string of the molecule is CC.CCC.CCc1cccc2c1CCN2. The normalized spacial score (nSPS) is 11.3. The Labute approximate surface area is 101 Å². The van der Waals surface area contributed by atoms with Crippen LogP contribution in [-0.4, -0.2) is 6.54 Å². The number of anilines is 1. The Bertz CT molecular complexity index is 279. The Morgan fingerprint density at radius 2 is 1.75 bits per heavy atom. The van der Waals surface area contributed by atoms with Gasteiger partial charge >= 0.3 is 0 Å². The lowest BCUT2D eigenvalue weighted by Gasteiger charge is -2.03. The first-order valence-corrected chi connectivity index (χ1v) is 6.68. The average molecular weight is 221 g/mol. The lowest BCUT2D eigenvalue weighted by Crippen LogP contribution is -1.90. The van der Waals surface area contributed by atoms with Crippen molar-refractivity contribution in [1.29, 1.82) is 0 Å². The summed E-state index contributed by atoms with van der Waals surface area (Å²) in [7, 11) is 0. The van der Waals surface area contributed by atoms with E-state index in [2.05, 4.69) is 44.3 Å². The van der Waals surface area contributed by atoms with Crippen molar-refractivity contribution in [2.45, 2.75) is 53.9 Å². The molecular formula is C15H27N. The molecule has 0 aliphatic carbocycles. The number of benzene rings is 1. The summed E-state index contributed by atoms with van der Waals surface area (Å²) in [4.78, 5) is 0. The van der Waals surface area contributed by atoms with Gasteiger partial charge in [-0.15, -0.1) is 0 Å². The minimum Gasteiger partial charge on any atom is -0.384 e. The molecule has 1 heteroatoms. The molecule has 0 aromatic heterocycles. The first kappa shape index (κ1) is 15.0. The van der Waals surface area contributed by atoms with Crippen LogP contribution < -0.4 is 5.32 Å². The third-order valence-electron chi connectivity index (χ3n) is 2.34. The van der Waals surface area contributed by atoms with E-state index >= 15 is 0 Å². The van der Waals surface area contributed by atoms with Crippen molar-refractivity contribution in [3.05, 3.63) is 29.3 Å². The first-order chi connectivity index (χ1) is 7.83. The molecule has 0 saturated heterocycles. The number of hydrogen-bond acceptors (Lipinski definition) is 1. The van der Waals surface area contributed by atoms with Crippen LogP contribution in [0.15, 0.2) is 18.2 Å². The van der Waals surface area contributed by atoms with E-state index in [4.69, 9.17) is 0 Å². The summed E-state index contributed by atoms with van der Waals surface area (Å²) in [5.74, 6) is 0. The predicted octanol–water partition coefficient (Wildman–Crippen LogP) is 4.66. The Balaban J connectivity index is 0.000000394. The maximum absolute atomic E-state index is 3.37. The predicted molar refractivity (Wildman–Crippen MR) is 75.3 cm³/mol. The second-order valence-corrected chi connectivity index (χ2v) is 3.68. The molecule has 0 saturated carbocycles. The van der Waals surface area contributed by atoms with Crippen LogP contribution >= 0.6 is 0 Å². The number of rotatable bonds is 1. The number of aryl methyl sites for hydroxylation is 1. The van der Waals surface area contributed by atoms with Crippen molar-refractivity contribution in [2.75, 3.05) is 11.9 Å². The Morgan fingerprint density at radius 3 is 2.31 bits per heavy atom. The zero-order chi connectivity index (χ0) is 12.4. The number of nitrogens with one attached hydrogen (secondary N) is 1. The van der Waals surface area contributed by atoms with Gasteiger partial charge in [-0.3, -0.25) is 0 Å². The lowest BCUT2D eigenvalue weighted by molar-refractivity contribution is 1.04. The van der Waals surface area contributed by atoms with Crippen LogP contribution in [0.2, 0.25) is 0 Å². The molecule has 1 nitrogen and oxygen atoms in total. The van der Waals surface area contributed by atoms with Gasteiger partial charge in [-0.05, 0) is 30.0 Å².